The van der Waals surface area contributed by atoms with Crippen molar-refractivity contribution in [2.75, 3.05) is 11.4 Å². The number of pyridine rings is 1. The molecule has 3 atom stereocenters. The number of hydrogen-bond acceptors (Lipinski definition) is 4. The van der Waals surface area contributed by atoms with Crippen molar-refractivity contribution in [1.82, 2.24) is 10.3 Å². The van der Waals surface area contributed by atoms with Crippen LogP contribution < -0.4 is 15.0 Å². The van der Waals surface area contributed by atoms with Crippen molar-refractivity contribution in [1.29, 1.82) is 0 Å². The zero-order valence-electron chi connectivity index (χ0n) is 17.9. The Labute approximate surface area is 187 Å². The van der Waals surface area contributed by atoms with Crippen LogP contribution in [0.4, 0.5) is 5.69 Å². The molecular weight excluding hydrogens is 414 g/mol. The Kier molecular flexibility index (Phi) is 6.46. The van der Waals surface area contributed by atoms with Crippen LogP contribution in [-0.2, 0) is 4.79 Å². The normalized spacial score (nSPS) is 22.7. The highest BCUT2D eigenvalue weighted by Gasteiger charge is 2.30. The van der Waals surface area contributed by atoms with E-state index in [2.05, 4.69) is 24.1 Å². The van der Waals surface area contributed by atoms with Crippen LogP contribution in [0.5, 0.6) is 11.6 Å². The van der Waals surface area contributed by atoms with E-state index in [9.17, 15) is 9.59 Å². The van der Waals surface area contributed by atoms with E-state index in [4.69, 9.17) is 16.3 Å². The van der Waals surface area contributed by atoms with Crippen LogP contribution in [0.25, 0.3) is 0 Å². The lowest BCUT2D eigenvalue weighted by Crippen LogP contribution is -2.43. The quantitative estimate of drug-likeness (QED) is 0.691. The second kappa shape index (κ2) is 9.27. The molecule has 7 heteroatoms. The van der Waals surface area contributed by atoms with Crippen LogP contribution in [0.15, 0.2) is 36.5 Å². The van der Waals surface area contributed by atoms with E-state index < -0.39 is 0 Å². The van der Waals surface area contributed by atoms with E-state index in [1.807, 2.05) is 0 Å². The second-order valence-corrected chi connectivity index (χ2v) is 9.01. The fraction of sp³-hybridized carbons (Fsp3) is 0.458. The summed E-state index contributed by atoms with van der Waals surface area (Å²) in [7, 11) is 0. The second-order valence-electron chi connectivity index (χ2n) is 8.57. The van der Waals surface area contributed by atoms with Crippen LogP contribution in [0.3, 0.4) is 0 Å². The van der Waals surface area contributed by atoms with Gasteiger partial charge in [-0.1, -0.05) is 38.3 Å². The number of fused-ring (bicyclic) bond motifs is 2. The van der Waals surface area contributed by atoms with Crippen molar-refractivity contribution in [3.05, 3.63) is 47.1 Å². The van der Waals surface area contributed by atoms with Gasteiger partial charge >= 0.3 is 0 Å². The van der Waals surface area contributed by atoms with Crippen LogP contribution in [0, 0.1) is 11.8 Å². The number of ether oxygens (including phenoxy) is 1. The monoisotopic (exact) mass is 441 g/mol. The van der Waals surface area contributed by atoms with Gasteiger partial charge in [-0.15, -0.1) is 0 Å². The third kappa shape index (κ3) is 4.69. The number of halogens is 1. The summed E-state index contributed by atoms with van der Waals surface area (Å²) in [5.41, 5.74) is 0.981. The van der Waals surface area contributed by atoms with Crippen molar-refractivity contribution in [3.8, 4) is 11.6 Å². The maximum Gasteiger partial charge on any atom is 0.263 e. The first kappa shape index (κ1) is 21.6. The molecule has 2 heterocycles. The first-order valence-electron chi connectivity index (χ1n) is 11.0. The molecule has 6 nitrogen and oxygen atoms in total. The van der Waals surface area contributed by atoms with E-state index in [1.54, 1.807) is 41.4 Å². The maximum absolute atomic E-state index is 13.2. The maximum atomic E-state index is 13.2. The highest BCUT2D eigenvalue weighted by Crippen LogP contribution is 2.39. The Bertz CT molecular complexity index is 980. The molecule has 2 aliphatic rings. The summed E-state index contributed by atoms with van der Waals surface area (Å²) < 4.78 is 5.90. The largest absolute Gasteiger partial charge is 0.436 e. The molecule has 0 bridgehead atoms. The molecule has 4 rings (SSSR count). The molecule has 2 aromatic rings. The molecule has 0 spiro atoms. The number of amides is 2. The van der Waals surface area contributed by atoms with Gasteiger partial charge in [-0.05, 0) is 55.0 Å². The molecule has 1 fully saturated rings. The Hall–Kier alpha value is -2.60. The predicted octanol–water partition coefficient (Wildman–Crippen LogP) is 5.21. The summed E-state index contributed by atoms with van der Waals surface area (Å²) in [5, 5.41) is 3.72. The molecule has 3 unspecified atom stereocenters. The van der Waals surface area contributed by atoms with E-state index in [1.165, 1.54) is 6.42 Å². The van der Waals surface area contributed by atoms with Crippen LogP contribution in [0.1, 0.15) is 56.3 Å². The van der Waals surface area contributed by atoms with Gasteiger partial charge in [-0.25, -0.2) is 4.98 Å². The lowest BCUT2D eigenvalue weighted by atomic mass is 9.78. The van der Waals surface area contributed by atoms with Crippen LogP contribution in [-0.4, -0.2) is 29.4 Å². The number of carbonyl (C=O) groups is 2. The number of rotatable bonds is 5. The highest BCUT2D eigenvalue weighted by atomic mass is 35.5. The summed E-state index contributed by atoms with van der Waals surface area (Å²) in [4.78, 5) is 31.7. The number of nitrogens with zero attached hydrogens (tertiary/aromatic N) is 2. The molecule has 1 aromatic carbocycles. The first-order valence-corrected chi connectivity index (χ1v) is 11.4. The van der Waals surface area contributed by atoms with Crippen molar-refractivity contribution >= 4 is 29.1 Å². The Balaban J connectivity index is 1.45. The van der Waals surface area contributed by atoms with Crippen molar-refractivity contribution < 1.29 is 14.3 Å². The third-order valence-corrected chi connectivity index (χ3v) is 6.74. The molecule has 1 aliphatic heterocycles. The first-order chi connectivity index (χ1) is 14.9. The minimum Gasteiger partial charge on any atom is -0.436 e. The molecule has 1 aromatic heterocycles. The summed E-state index contributed by atoms with van der Waals surface area (Å²) in [5.74, 6) is 1.74. The fourth-order valence-corrected chi connectivity index (χ4v) is 4.63. The molecule has 0 radical (unpaired) electrons. The average molecular weight is 442 g/mol. The molecule has 0 saturated heterocycles. The number of aromatic nitrogens is 1. The smallest absolute Gasteiger partial charge is 0.263 e. The van der Waals surface area contributed by atoms with Gasteiger partial charge in [0.1, 0.15) is 5.56 Å². The number of hydrogen-bond donors (Lipinski definition) is 1. The van der Waals surface area contributed by atoms with E-state index in [0.29, 0.717) is 53.2 Å². The number of benzene rings is 1. The Morgan fingerprint density at radius 1 is 1.29 bits per heavy atom. The molecular formula is C24H28ClN3O3. The minimum atomic E-state index is -0.209. The predicted molar refractivity (Wildman–Crippen MR) is 121 cm³/mol. The fourth-order valence-electron chi connectivity index (χ4n) is 4.47. The Morgan fingerprint density at radius 3 is 2.97 bits per heavy atom. The van der Waals surface area contributed by atoms with E-state index in [0.717, 1.165) is 12.8 Å². The number of carbonyl (C=O) groups excluding carboxylic acids is 2. The van der Waals surface area contributed by atoms with Crippen molar-refractivity contribution in [2.24, 2.45) is 11.8 Å². The lowest BCUT2D eigenvalue weighted by molar-refractivity contribution is -0.122. The lowest BCUT2D eigenvalue weighted by Gasteiger charge is -2.34. The SMILES string of the molecule is CC1CCCC(NC(=O)CCCN2C(=O)c3cccnc3Oc3ccc(Cl)cc32)C1C. The summed E-state index contributed by atoms with van der Waals surface area (Å²) in [6, 6.07) is 8.81. The van der Waals surface area contributed by atoms with Crippen LogP contribution in [0.2, 0.25) is 5.02 Å². The van der Waals surface area contributed by atoms with Gasteiger partial charge < -0.3 is 15.0 Å². The molecule has 2 amide bonds. The Morgan fingerprint density at radius 2 is 2.13 bits per heavy atom. The van der Waals surface area contributed by atoms with Gasteiger partial charge in [0.25, 0.3) is 5.91 Å². The van der Waals surface area contributed by atoms with Crippen molar-refractivity contribution in [2.45, 2.75) is 52.0 Å². The highest BCUT2D eigenvalue weighted by molar-refractivity contribution is 6.31. The van der Waals surface area contributed by atoms with Gasteiger partial charge in [-0.3, -0.25) is 9.59 Å². The van der Waals surface area contributed by atoms with Gasteiger partial charge in [0.05, 0.1) is 5.69 Å². The topological polar surface area (TPSA) is 71.5 Å². The standard InChI is InChI=1S/C24H28ClN3O3/c1-15-6-3-8-19(16(15)2)27-22(29)9-5-13-28-20-14-17(25)10-11-21(20)31-23-18(24(28)30)7-4-12-26-23/h4,7,10-12,14-16,19H,3,5-6,8-9,13H2,1-2H3,(H,27,29). The van der Waals surface area contributed by atoms with Gasteiger partial charge in [-0.2, -0.15) is 0 Å². The third-order valence-electron chi connectivity index (χ3n) is 6.50. The van der Waals surface area contributed by atoms with Crippen molar-refractivity contribution in [3.63, 3.8) is 0 Å². The number of nitrogens with one attached hydrogen (secondary N) is 1. The van der Waals surface area contributed by atoms with Gasteiger partial charge in [0.15, 0.2) is 5.75 Å². The molecule has 1 N–H and O–H groups in total. The average Bonchev–Trinajstić information content (AvgIpc) is 2.86. The summed E-state index contributed by atoms with van der Waals surface area (Å²) in [6.07, 6.45) is 5.91. The molecule has 164 valence electrons. The zero-order valence-corrected chi connectivity index (χ0v) is 18.7. The summed E-state index contributed by atoms with van der Waals surface area (Å²) in [6.45, 7) is 4.86. The zero-order chi connectivity index (χ0) is 22.0. The molecule has 31 heavy (non-hydrogen) atoms. The van der Waals surface area contributed by atoms with Gasteiger partial charge in [0, 0.05) is 30.2 Å². The van der Waals surface area contributed by atoms with Gasteiger partial charge in [0.2, 0.25) is 11.8 Å². The molecule has 1 aliphatic carbocycles. The molecule has 1 saturated carbocycles. The van der Waals surface area contributed by atoms with Crippen LogP contribution >= 0.6 is 11.6 Å². The number of anilines is 1. The summed E-state index contributed by atoms with van der Waals surface area (Å²) >= 11 is 6.20. The minimum absolute atomic E-state index is 0.0397. The van der Waals surface area contributed by atoms with E-state index in [-0.39, 0.29) is 23.7 Å². The van der Waals surface area contributed by atoms with E-state index >= 15 is 0 Å².